The summed E-state index contributed by atoms with van der Waals surface area (Å²) in [6, 6.07) is 17.8. The number of para-hydroxylation sites is 1. The van der Waals surface area contributed by atoms with Crippen LogP contribution >= 0.6 is 27.5 Å². The van der Waals surface area contributed by atoms with Crippen molar-refractivity contribution in [3.05, 3.63) is 81.0 Å². The van der Waals surface area contributed by atoms with E-state index in [2.05, 4.69) is 51.5 Å². The number of halogens is 2. The molecule has 0 saturated carbocycles. The van der Waals surface area contributed by atoms with Gasteiger partial charge in [0.1, 0.15) is 0 Å². The lowest BCUT2D eigenvalue weighted by Gasteiger charge is -2.08. The average Bonchev–Trinajstić information content (AvgIpc) is 2.76. The van der Waals surface area contributed by atoms with Crippen LogP contribution < -0.4 is 0 Å². The zero-order chi connectivity index (χ0) is 16.4. The van der Waals surface area contributed by atoms with Crippen LogP contribution in [0.3, 0.4) is 0 Å². The highest BCUT2D eigenvalue weighted by Gasteiger charge is 2.15. The molecule has 0 aliphatic carbocycles. The minimum Gasteiger partial charge on any atom is -0.317 e. The van der Waals surface area contributed by atoms with E-state index in [0.717, 1.165) is 32.8 Å². The van der Waals surface area contributed by atoms with Crippen molar-refractivity contribution in [3.8, 4) is 5.69 Å². The van der Waals surface area contributed by atoms with Gasteiger partial charge in [0.25, 0.3) is 0 Å². The van der Waals surface area contributed by atoms with Crippen LogP contribution in [-0.2, 0) is 0 Å². The predicted octanol–water partition coefficient (Wildman–Crippen LogP) is 6.26. The molecule has 0 spiro atoms. The van der Waals surface area contributed by atoms with E-state index < -0.39 is 0 Å². The molecule has 0 saturated heterocycles. The SMILES string of the molecule is Cc1c(Br)c(C=Nc2cccc(Cl)c2)c(C)n1-c1ccccc1. The molecule has 0 fully saturated rings. The summed E-state index contributed by atoms with van der Waals surface area (Å²) in [4.78, 5) is 4.55. The van der Waals surface area contributed by atoms with Gasteiger partial charge in [-0.2, -0.15) is 0 Å². The highest BCUT2D eigenvalue weighted by atomic mass is 79.9. The quantitative estimate of drug-likeness (QED) is 0.472. The summed E-state index contributed by atoms with van der Waals surface area (Å²) in [6.07, 6.45) is 1.89. The van der Waals surface area contributed by atoms with Crippen LogP contribution in [0.15, 0.2) is 64.1 Å². The van der Waals surface area contributed by atoms with Gasteiger partial charge in [0, 0.05) is 38.3 Å². The van der Waals surface area contributed by atoms with Crippen molar-refractivity contribution in [3.63, 3.8) is 0 Å². The lowest BCUT2D eigenvalue weighted by Crippen LogP contribution is -1.99. The number of benzene rings is 2. The molecule has 3 aromatic rings. The zero-order valence-corrected chi connectivity index (χ0v) is 15.3. The van der Waals surface area contributed by atoms with E-state index in [1.54, 1.807) is 0 Å². The van der Waals surface area contributed by atoms with Crippen LogP contribution in [0.4, 0.5) is 5.69 Å². The van der Waals surface area contributed by atoms with Gasteiger partial charge in [-0.3, -0.25) is 4.99 Å². The first-order chi connectivity index (χ1) is 11.1. The Labute approximate surface area is 149 Å². The van der Waals surface area contributed by atoms with Crippen LogP contribution in [0.25, 0.3) is 5.69 Å². The first-order valence-corrected chi connectivity index (χ1v) is 8.47. The average molecular weight is 388 g/mol. The zero-order valence-electron chi connectivity index (χ0n) is 12.9. The summed E-state index contributed by atoms with van der Waals surface area (Å²) < 4.78 is 3.29. The number of hydrogen-bond acceptors (Lipinski definition) is 1. The fraction of sp³-hybridized carbons (Fsp3) is 0.105. The molecule has 3 rings (SSSR count). The van der Waals surface area contributed by atoms with Gasteiger partial charge in [0.2, 0.25) is 0 Å². The predicted molar refractivity (Wildman–Crippen MR) is 102 cm³/mol. The highest BCUT2D eigenvalue weighted by Crippen LogP contribution is 2.30. The Morgan fingerprint density at radius 1 is 1.00 bits per heavy atom. The number of hydrogen-bond donors (Lipinski definition) is 0. The van der Waals surface area contributed by atoms with Crippen molar-refractivity contribution in [1.82, 2.24) is 4.57 Å². The summed E-state index contributed by atoms with van der Waals surface area (Å²) in [5.74, 6) is 0. The van der Waals surface area contributed by atoms with Crippen molar-refractivity contribution in [2.45, 2.75) is 13.8 Å². The molecule has 1 heterocycles. The van der Waals surface area contributed by atoms with Gasteiger partial charge in [0.05, 0.1) is 5.69 Å². The maximum Gasteiger partial charge on any atom is 0.0644 e. The van der Waals surface area contributed by atoms with E-state index in [0.29, 0.717) is 5.02 Å². The fourth-order valence-electron chi connectivity index (χ4n) is 2.63. The molecule has 1 aromatic heterocycles. The van der Waals surface area contributed by atoms with Gasteiger partial charge < -0.3 is 4.57 Å². The summed E-state index contributed by atoms with van der Waals surface area (Å²) in [5, 5.41) is 0.688. The molecular formula is C19H16BrClN2. The number of aromatic nitrogens is 1. The van der Waals surface area contributed by atoms with Crippen molar-refractivity contribution < 1.29 is 0 Å². The van der Waals surface area contributed by atoms with E-state index >= 15 is 0 Å². The van der Waals surface area contributed by atoms with Crippen LogP contribution in [0.1, 0.15) is 17.0 Å². The minimum absolute atomic E-state index is 0.688. The van der Waals surface area contributed by atoms with E-state index in [1.807, 2.05) is 48.7 Å². The van der Waals surface area contributed by atoms with Gasteiger partial charge in [0.15, 0.2) is 0 Å². The van der Waals surface area contributed by atoms with Gasteiger partial charge in [-0.1, -0.05) is 35.9 Å². The van der Waals surface area contributed by atoms with Crippen LogP contribution in [-0.4, -0.2) is 10.8 Å². The summed E-state index contributed by atoms with van der Waals surface area (Å²) in [5.41, 5.74) is 5.36. The first-order valence-electron chi connectivity index (χ1n) is 7.30. The van der Waals surface area contributed by atoms with E-state index in [1.165, 1.54) is 0 Å². The molecule has 0 bridgehead atoms. The molecule has 0 aliphatic rings. The summed E-state index contributed by atoms with van der Waals surface area (Å²) in [6.45, 7) is 4.20. The number of rotatable bonds is 3. The topological polar surface area (TPSA) is 17.3 Å². The van der Waals surface area contributed by atoms with Crippen LogP contribution in [0, 0.1) is 13.8 Å². The lowest BCUT2D eigenvalue weighted by atomic mass is 10.2. The van der Waals surface area contributed by atoms with Crippen LogP contribution in [0.5, 0.6) is 0 Å². The Balaban J connectivity index is 2.04. The van der Waals surface area contributed by atoms with Gasteiger partial charge in [-0.15, -0.1) is 0 Å². The molecule has 2 nitrogen and oxygen atoms in total. The van der Waals surface area contributed by atoms with E-state index in [-0.39, 0.29) is 0 Å². The second-order valence-electron chi connectivity index (χ2n) is 5.31. The Morgan fingerprint density at radius 3 is 2.43 bits per heavy atom. The third kappa shape index (κ3) is 3.26. The third-order valence-corrected chi connectivity index (χ3v) is 5.02. The number of aliphatic imine (C=N–C) groups is 1. The standard InChI is InChI=1S/C19H16BrClN2/c1-13-18(12-22-16-8-6-7-15(21)11-16)19(20)14(2)23(13)17-9-4-3-5-10-17/h3-12H,1-2H3. The molecular weight excluding hydrogens is 372 g/mol. The van der Waals surface area contributed by atoms with E-state index in [4.69, 9.17) is 11.6 Å². The Morgan fingerprint density at radius 2 is 1.74 bits per heavy atom. The van der Waals surface area contributed by atoms with Gasteiger partial charge in [-0.05, 0) is 60.1 Å². The first kappa shape index (κ1) is 16.0. The smallest absolute Gasteiger partial charge is 0.0644 e. The molecule has 0 aliphatic heterocycles. The molecule has 0 N–H and O–H groups in total. The molecule has 0 radical (unpaired) electrons. The molecule has 23 heavy (non-hydrogen) atoms. The number of nitrogens with zero attached hydrogens (tertiary/aromatic N) is 2. The van der Waals surface area contributed by atoms with Crippen molar-refractivity contribution in [2.75, 3.05) is 0 Å². The third-order valence-electron chi connectivity index (χ3n) is 3.78. The molecule has 0 unspecified atom stereocenters. The van der Waals surface area contributed by atoms with Gasteiger partial charge >= 0.3 is 0 Å². The lowest BCUT2D eigenvalue weighted by molar-refractivity contribution is 0.962. The van der Waals surface area contributed by atoms with Crippen molar-refractivity contribution in [2.24, 2.45) is 4.99 Å². The highest BCUT2D eigenvalue weighted by molar-refractivity contribution is 9.10. The minimum atomic E-state index is 0.688. The molecule has 116 valence electrons. The fourth-order valence-corrected chi connectivity index (χ4v) is 3.38. The Hall–Kier alpha value is -1.84. The monoisotopic (exact) mass is 386 g/mol. The normalized spacial score (nSPS) is 11.3. The molecule has 0 amide bonds. The summed E-state index contributed by atoms with van der Waals surface area (Å²) in [7, 11) is 0. The Kier molecular flexibility index (Phi) is 4.69. The molecule has 4 heteroatoms. The second-order valence-corrected chi connectivity index (χ2v) is 6.54. The van der Waals surface area contributed by atoms with Crippen molar-refractivity contribution in [1.29, 1.82) is 0 Å². The largest absolute Gasteiger partial charge is 0.317 e. The Bertz CT molecular complexity index is 867. The van der Waals surface area contributed by atoms with Gasteiger partial charge in [-0.25, -0.2) is 0 Å². The molecule has 0 atom stereocenters. The van der Waals surface area contributed by atoms with Crippen molar-refractivity contribution >= 4 is 39.4 Å². The molecule has 2 aromatic carbocycles. The van der Waals surface area contributed by atoms with E-state index in [9.17, 15) is 0 Å². The maximum atomic E-state index is 6.01. The maximum absolute atomic E-state index is 6.01. The second kappa shape index (κ2) is 6.73. The van der Waals surface area contributed by atoms with Crippen LogP contribution in [0.2, 0.25) is 5.02 Å². The summed E-state index contributed by atoms with van der Waals surface area (Å²) >= 11 is 9.71.